The molecule has 0 heterocycles. The summed E-state index contributed by atoms with van der Waals surface area (Å²) in [6.07, 6.45) is 0.580. The van der Waals surface area contributed by atoms with Crippen molar-refractivity contribution in [3.05, 3.63) is 0 Å². The molecular weight excluding hydrogens is 256 g/mol. The van der Waals surface area contributed by atoms with Crippen LogP contribution in [0.4, 0.5) is 0 Å². The van der Waals surface area contributed by atoms with E-state index in [1.807, 2.05) is 13.8 Å². The Labute approximate surface area is 123 Å². The maximum atomic E-state index is 11.5. The Balaban J connectivity index is 4.56. The van der Waals surface area contributed by atoms with E-state index in [0.29, 0.717) is 18.9 Å². The second-order valence-corrected chi connectivity index (χ2v) is 6.37. The lowest BCUT2D eigenvalue weighted by Gasteiger charge is -2.32. The van der Waals surface area contributed by atoms with Crippen LogP contribution in [0.25, 0.3) is 0 Å². The SMILES string of the molecule is COCCN(CCC(C)(NC(C)C)C(=O)O)CC(C)C. The fraction of sp³-hybridized carbons (Fsp3) is 0.933. The van der Waals surface area contributed by atoms with Crippen LogP contribution in [0.15, 0.2) is 0 Å². The molecule has 1 unspecified atom stereocenters. The van der Waals surface area contributed by atoms with Gasteiger partial charge in [-0.3, -0.25) is 10.1 Å². The highest BCUT2D eigenvalue weighted by molar-refractivity contribution is 5.78. The molecule has 0 aliphatic carbocycles. The molecule has 0 aliphatic heterocycles. The molecule has 2 N–H and O–H groups in total. The van der Waals surface area contributed by atoms with Crippen molar-refractivity contribution in [2.75, 3.05) is 33.4 Å². The van der Waals surface area contributed by atoms with Crippen LogP contribution in [0.2, 0.25) is 0 Å². The van der Waals surface area contributed by atoms with Crippen molar-refractivity contribution >= 4 is 5.97 Å². The van der Waals surface area contributed by atoms with Crippen molar-refractivity contribution in [2.45, 2.75) is 52.6 Å². The summed E-state index contributed by atoms with van der Waals surface area (Å²) in [5.41, 5.74) is -0.879. The van der Waals surface area contributed by atoms with Crippen LogP contribution in [0.5, 0.6) is 0 Å². The molecule has 20 heavy (non-hydrogen) atoms. The van der Waals surface area contributed by atoms with E-state index in [1.54, 1.807) is 14.0 Å². The van der Waals surface area contributed by atoms with E-state index in [0.717, 1.165) is 19.6 Å². The fourth-order valence-electron chi connectivity index (χ4n) is 2.29. The van der Waals surface area contributed by atoms with Gasteiger partial charge in [0.05, 0.1) is 6.61 Å². The Hall–Kier alpha value is -0.650. The van der Waals surface area contributed by atoms with Crippen LogP contribution < -0.4 is 5.32 Å². The zero-order valence-corrected chi connectivity index (χ0v) is 13.9. The van der Waals surface area contributed by atoms with Crippen molar-refractivity contribution in [1.82, 2.24) is 10.2 Å². The third kappa shape index (κ3) is 7.82. The molecule has 5 heteroatoms. The number of rotatable bonds is 11. The summed E-state index contributed by atoms with van der Waals surface area (Å²) < 4.78 is 5.12. The maximum Gasteiger partial charge on any atom is 0.323 e. The lowest BCUT2D eigenvalue weighted by atomic mass is 9.96. The monoisotopic (exact) mass is 288 g/mol. The number of nitrogens with one attached hydrogen (secondary N) is 1. The number of nitrogens with zero attached hydrogens (tertiary/aromatic N) is 1. The first-order chi connectivity index (χ1) is 9.21. The molecule has 120 valence electrons. The van der Waals surface area contributed by atoms with Gasteiger partial charge in [-0.25, -0.2) is 0 Å². The van der Waals surface area contributed by atoms with E-state index in [4.69, 9.17) is 4.74 Å². The minimum atomic E-state index is -0.879. The number of carbonyl (C=O) groups is 1. The van der Waals surface area contributed by atoms with Crippen LogP contribution >= 0.6 is 0 Å². The van der Waals surface area contributed by atoms with Crippen LogP contribution in [-0.2, 0) is 9.53 Å². The highest BCUT2D eigenvalue weighted by Crippen LogP contribution is 2.13. The van der Waals surface area contributed by atoms with Crippen molar-refractivity contribution in [1.29, 1.82) is 0 Å². The van der Waals surface area contributed by atoms with E-state index in [1.165, 1.54) is 0 Å². The fourth-order valence-corrected chi connectivity index (χ4v) is 2.29. The van der Waals surface area contributed by atoms with Gasteiger partial charge in [-0.15, -0.1) is 0 Å². The summed E-state index contributed by atoms with van der Waals surface area (Å²) in [4.78, 5) is 13.8. The predicted octanol–water partition coefficient (Wildman–Crippen LogP) is 1.82. The number of aliphatic carboxylic acids is 1. The number of carboxylic acids is 1. The molecule has 0 rings (SSSR count). The number of hydrogen-bond donors (Lipinski definition) is 2. The lowest BCUT2D eigenvalue weighted by Crippen LogP contribution is -2.54. The molecule has 0 aromatic carbocycles. The van der Waals surface area contributed by atoms with Gasteiger partial charge < -0.3 is 14.7 Å². The van der Waals surface area contributed by atoms with Crippen molar-refractivity contribution in [3.63, 3.8) is 0 Å². The third-order valence-electron chi connectivity index (χ3n) is 3.24. The lowest BCUT2D eigenvalue weighted by molar-refractivity contribution is -0.145. The Kier molecular flexibility index (Phi) is 9.01. The van der Waals surface area contributed by atoms with Gasteiger partial charge in [-0.2, -0.15) is 0 Å². The Morgan fingerprint density at radius 3 is 2.30 bits per heavy atom. The van der Waals surface area contributed by atoms with Gasteiger partial charge in [-0.1, -0.05) is 13.8 Å². The summed E-state index contributed by atoms with van der Waals surface area (Å²) in [5, 5.41) is 12.6. The molecule has 0 spiro atoms. The molecule has 1 atom stereocenters. The van der Waals surface area contributed by atoms with Gasteiger partial charge in [0, 0.05) is 32.8 Å². The van der Waals surface area contributed by atoms with Crippen LogP contribution in [-0.4, -0.2) is 60.9 Å². The minimum absolute atomic E-state index is 0.147. The number of carboxylic acid groups (broad SMARTS) is 1. The molecule has 0 bridgehead atoms. The molecule has 0 radical (unpaired) electrons. The van der Waals surface area contributed by atoms with Crippen molar-refractivity contribution in [3.8, 4) is 0 Å². The van der Waals surface area contributed by atoms with E-state index in [2.05, 4.69) is 24.1 Å². The highest BCUT2D eigenvalue weighted by atomic mass is 16.5. The minimum Gasteiger partial charge on any atom is -0.480 e. The Morgan fingerprint density at radius 1 is 1.30 bits per heavy atom. The van der Waals surface area contributed by atoms with Crippen molar-refractivity contribution in [2.24, 2.45) is 5.92 Å². The largest absolute Gasteiger partial charge is 0.480 e. The normalized spacial score (nSPS) is 15.1. The highest BCUT2D eigenvalue weighted by Gasteiger charge is 2.33. The molecular formula is C15H32N2O3. The summed E-state index contributed by atoms with van der Waals surface area (Å²) in [6.45, 7) is 13.3. The second-order valence-electron chi connectivity index (χ2n) is 6.37. The molecule has 0 saturated carbocycles. The Morgan fingerprint density at radius 2 is 1.90 bits per heavy atom. The topological polar surface area (TPSA) is 61.8 Å². The van der Waals surface area contributed by atoms with E-state index in [9.17, 15) is 9.90 Å². The summed E-state index contributed by atoms with van der Waals surface area (Å²) in [7, 11) is 1.69. The molecule has 0 fully saturated rings. The van der Waals surface area contributed by atoms with Crippen molar-refractivity contribution < 1.29 is 14.6 Å². The number of ether oxygens (including phenoxy) is 1. The predicted molar refractivity (Wildman–Crippen MR) is 82.1 cm³/mol. The first-order valence-corrected chi connectivity index (χ1v) is 7.43. The zero-order chi connectivity index (χ0) is 15.8. The standard InChI is InChI=1S/C15H32N2O3/c1-12(2)11-17(9-10-20-6)8-7-15(5,14(18)19)16-13(3)4/h12-13,16H,7-11H2,1-6H3,(H,18,19). The molecule has 0 amide bonds. The number of methoxy groups -OCH3 is 1. The molecule has 0 aliphatic rings. The zero-order valence-electron chi connectivity index (χ0n) is 13.9. The average Bonchev–Trinajstić information content (AvgIpc) is 2.31. The van der Waals surface area contributed by atoms with E-state index < -0.39 is 11.5 Å². The van der Waals surface area contributed by atoms with Crippen LogP contribution in [0, 0.1) is 5.92 Å². The molecule has 0 aromatic heterocycles. The molecule has 0 aromatic rings. The summed E-state index contributed by atoms with van der Waals surface area (Å²) in [6, 6.07) is 0.147. The van der Waals surface area contributed by atoms with Crippen LogP contribution in [0.3, 0.4) is 0 Å². The van der Waals surface area contributed by atoms with Gasteiger partial charge in [-0.05, 0) is 33.1 Å². The average molecular weight is 288 g/mol. The second kappa shape index (κ2) is 9.32. The van der Waals surface area contributed by atoms with E-state index in [-0.39, 0.29) is 6.04 Å². The van der Waals surface area contributed by atoms with Gasteiger partial charge in [0.2, 0.25) is 0 Å². The first kappa shape index (κ1) is 19.4. The number of hydrogen-bond acceptors (Lipinski definition) is 4. The van der Waals surface area contributed by atoms with Gasteiger partial charge in [0.25, 0.3) is 0 Å². The smallest absolute Gasteiger partial charge is 0.323 e. The van der Waals surface area contributed by atoms with Gasteiger partial charge in [0.15, 0.2) is 0 Å². The van der Waals surface area contributed by atoms with Gasteiger partial charge >= 0.3 is 5.97 Å². The van der Waals surface area contributed by atoms with E-state index >= 15 is 0 Å². The summed E-state index contributed by atoms with van der Waals surface area (Å²) in [5.74, 6) is -0.233. The third-order valence-corrected chi connectivity index (χ3v) is 3.24. The molecule has 5 nitrogen and oxygen atoms in total. The summed E-state index contributed by atoms with van der Waals surface area (Å²) >= 11 is 0. The maximum absolute atomic E-state index is 11.5. The first-order valence-electron chi connectivity index (χ1n) is 7.43. The quantitative estimate of drug-likeness (QED) is 0.607. The van der Waals surface area contributed by atoms with Gasteiger partial charge in [0.1, 0.15) is 5.54 Å². The Bertz CT molecular complexity index is 282. The molecule has 0 saturated heterocycles. The van der Waals surface area contributed by atoms with Crippen LogP contribution in [0.1, 0.15) is 41.0 Å².